The van der Waals surface area contributed by atoms with Crippen molar-refractivity contribution in [2.45, 2.75) is 24.8 Å². The number of sulfonamides is 1. The molecule has 1 aliphatic rings. The van der Waals surface area contributed by atoms with Gasteiger partial charge in [-0.3, -0.25) is 4.90 Å². The molecule has 1 amide bonds. The molecule has 1 saturated heterocycles. The van der Waals surface area contributed by atoms with Crippen molar-refractivity contribution in [1.82, 2.24) is 4.72 Å². The van der Waals surface area contributed by atoms with Gasteiger partial charge in [-0.15, -0.1) is 0 Å². The Morgan fingerprint density at radius 2 is 1.96 bits per heavy atom. The molecule has 2 aromatic rings. The van der Waals surface area contributed by atoms with Gasteiger partial charge in [0.2, 0.25) is 10.0 Å². The Hall–Kier alpha value is -2.58. The van der Waals surface area contributed by atoms with E-state index >= 15 is 0 Å². The van der Waals surface area contributed by atoms with Crippen molar-refractivity contribution >= 4 is 21.8 Å². The fourth-order valence-electron chi connectivity index (χ4n) is 2.78. The van der Waals surface area contributed by atoms with Crippen molar-refractivity contribution in [3.63, 3.8) is 0 Å². The molecule has 8 heteroatoms. The molecule has 144 valence electrons. The van der Waals surface area contributed by atoms with Crippen molar-refractivity contribution < 1.29 is 22.7 Å². The van der Waals surface area contributed by atoms with E-state index in [1.165, 1.54) is 4.90 Å². The Kier molecular flexibility index (Phi) is 5.38. The topological polar surface area (TPSA) is 84.9 Å². The number of carbonyl (C=O) groups is 1. The molecule has 0 spiro atoms. The molecule has 1 atom stereocenters. The van der Waals surface area contributed by atoms with Crippen LogP contribution >= 0.6 is 0 Å². The van der Waals surface area contributed by atoms with E-state index < -0.39 is 22.2 Å². The molecule has 3 rings (SSSR count). The number of hydrogen-bond donors (Lipinski definition) is 1. The highest BCUT2D eigenvalue weighted by Gasteiger charge is 2.33. The Bertz CT molecular complexity index is 958. The third-order valence-electron chi connectivity index (χ3n) is 4.53. The van der Waals surface area contributed by atoms with Gasteiger partial charge in [0, 0.05) is 12.6 Å². The summed E-state index contributed by atoms with van der Waals surface area (Å²) >= 11 is 0. The highest BCUT2D eigenvalue weighted by Crippen LogP contribution is 2.25. The smallest absolute Gasteiger partial charge is 0.414 e. The first-order chi connectivity index (χ1) is 12.8. The van der Waals surface area contributed by atoms with Crippen LogP contribution in [0, 0.1) is 13.8 Å². The zero-order valence-corrected chi connectivity index (χ0v) is 16.2. The predicted molar refractivity (Wildman–Crippen MR) is 102 cm³/mol. The molecule has 0 aliphatic carbocycles. The van der Waals surface area contributed by atoms with Crippen LogP contribution in [0.15, 0.2) is 47.4 Å². The van der Waals surface area contributed by atoms with Crippen molar-refractivity contribution in [2.75, 3.05) is 25.1 Å². The number of ether oxygens (including phenoxy) is 2. The maximum absolute atomic E-state index is 12.5. The van der Waals surface area contributed by atoms with Gasteiger partial charge < -0.3 is 9.47 Å². The average molecular weight is 390 g/mol. The van der Waals surface area contributed by atoms with E-state index in [1.54, 1.807) is 49.6 Å². The Morgan fingerprint density at radius 3 is 2.67 bits per heavy atom. The van der Waals surface area contributed by atoms with E-state index in [2.05, 4.69) is 4.72 Å². The van der Waals surface area contributed by atoms with E-state index in [9.17, 15) is 13.2 Å². The summed E-state index contributed by atoms with van der Waals surface area (Å²) in [4.78, 5) is 13.8. The molecule has 0 bridgehead atoms. The second-order valence-corrected chi connectivity index (χ2v) is 8.18. The van der Waals surface area contributed by atoms with Gasteiger partial charge in [-0.25, -0.2) is 17.9 Å². The van der Waals surface area contributed by atoms with Gasteiger partial charge in [-0.1, -0.05) is 12.1 Å². The first-order valence-electron chi connectivity index (χ1n) is 8.49. The highest BCUT2D eigenvalue weighted by molar-refractivity contribution is 7.89. The van der Waals surface area contributed by atoms with Crippen LogP contribution in [0.5, 0.6) is 5.75 Å². The number of hydrogen-bond acceptors (Lipinski definition) is 5. The van der Waals surface area contributed by atoms with Gasteiger partial charge in [0.25, 0.3) is 0 Å². The number of nitrogens with zero attached hydrogens (tertiary/aromatic N) is 1. The van der Waals surface area contributed by atoms with Gasteiger partial charge in [-0.2, -0.15) is 0 Å². The lowest BCUT2D eigenvalue weighted by Gasteiger charge is -2.14. The zero-order chi connectivity index (χ0) is 19.6. The Balaban J connectivity index is 1.66. The first kappa shape index (κ1) is 19.2. The second-order valence-electron chi connectivity index (χ2n) is 6.42. The average Bonchev–Trinajstić information content (AvgIpc) is 3.03. The summed E-state index contributed by atoms with van der Waals surface area (Å²) in [5.41, 5.74) is 2.56. The van der Waals surface area contributed by atoms with E-state index in [0.717, 1.165) is 11.1 Å². The molecule has 2 aromatic carbocycles. The van der Waals surface area contributed by atoms with Gasteiger partial charge in [-0.05, 0) is 49.2 Å². The lowest BCUT2D eigenvalue weighted by molar-refractivity contribution is 0.143. The van der Waals surface area contributed by atoms with Crippen LogP contribution in [0.4, 0.5) is 10.5 Å². The normalized spacial score (nSPS) is 17.1. The van der Waals surface area contributed by atoms with E-state index in [0.29, 0.717) is 11.4 Å². The molecule has 1 aliphatic heterocycles. The monoisotopic (exact) mass is 390 g/mol. The van der Waals surface area contributed by atoms with E-state index in [1.807, 2.05) is 13.8 Å². The molecular formula is C19H22N2O5S. The quantitative estimate of drug-likeness (QED) is 0.820. The number of aryl methyl sites for hydroxylation is 2. The summed E-state index contributed by atoms with van der Waals surface area (Å²) in [6.07, 6.45) is -1.09. The third-order valence-corrected chi connectivity index (χ3v) is 5.95. The third kappa shape index (κ3) is 4.23. The number of methoxy groups -OCH3 is 1. The molecule has 0 saturated carbocycles. The minimum absolute atomic E-state index is 0.00145. The lowest BCUT2D eigenvalue weighted by Crippen LogP contribution is -2.34. The zero-order valence-electron chi connectivity index (χ0n) is 15.4. The van der Waals surface area contributed by atoms with Crippen LogP contribution in [0.25, 0.3) is 0 Å². The number of rotatable bonds is 6. The van der Waals surface area contributed by atoms with Crippen LogP contribution in [0.2, 0.25) is 0 Å². The van der Waals surface area contributed by atoms with Crippen molar-refractivity contribution in [2.24, 2.45) is 0 Å². The van der Waals surface area contributed by atoms with Crippen LogP contribution in [0.3, 0.4) is 0 Å². The number of cyclic esters (lactones) is 1. The second kappa shape index (κ2) is 7.58. The minimum atomic E-state index is -3.68. The number of carbonyl (C=O) groups excluding carboxylic acids is 1. The summed E-state index contributed by atoms with van der Waals surface area (Å²) in [6.45, 7) is 4.03. The molecule has 1 fully saturated rings. The number of anilines is 1. The van der Waals surface area contributed by atoms with Crippen molar-refractivity contribution in [3.8, 4) is 5.75 Å². The largest absolute Gasteiger partial charge is 0.497 e. The van der Waals surface area contributed by atoms with Crippen molar-refractivity contribution in [1.29, 1.82) is 0 Å². The molecule has 27 heavy (non-hydrogen) atoms. The standard InChI is InChI=1S/C19H22N2O5S/c1-13-7-8-18(9-14(13)2)27(23,24)20-11-17-12-21(19(22)26-17)15-5-4-6-16(10-15)25-3/h4-10,17,20H,11-12H2,1-3H3/t17-/m0/s1. The molecule has 7 nitrogen and oxygen atoms in total. The highest BCUT2D eigenvalue weighted by atomic mass is 32.2. The minimum Gasteiger partial charge on any atom is -0.497 e. The van der Waals surface area contributed by atoms with Crippen LogP contribution in [-0.4, -0.2) is 40.8 Å². The van der Waals surface area contributed by atoms with Crippen LogP contribution in [-0.2, 0) is 14.8 Å². The number of amides is 1. The number of benzene rings is 2. The van der Waals surface area contributed by atoms with E-state index in [-0.39, 0.29) is 18.0 Å². The summed E-state index contributed by atoms with van der Waals surface area (Å²) < 4.78 is 38.0. The molecular weight excluding hydrogens is 368 g/mol. The maximum atomic E-state index is 12.5. The summed E-state index contributed by atoms with van der Waals surface area (Å²) in [6, 6.07) is 12.0. The van der Waals surface area contributed by atoms with Crippen LogP contribution < -0.4 is 14.4 Å². The SMILES string of the molecule is COc1cccc(N2C[C@H](CNS(=O)(=O)c3ccc(C)c(C)c3)OC2=O)c1. The molecule has 0 unspecified atom stereocenters. The van der Waals surface area contributed by atoms with Gasteiger partial charge in [0.15, 0.2) is 0 Å². The lowest BCUT2D eigenvalue weighted by atomic mass is 10.1. The van der Waals surface area contributed by atoms with Crippen molar-refractivity contribution in [3.05, 3.63) is 53.6 Å². The van der Waals surface area contributed by atoms with Gasteiger partial charge >= 0.3 is 6.09 Å². The fourth-order valence-corrected chi connectivity index (χ4v) is 3.94. The molecule has 0 aromatic heterocycles. The summed E-state index contributed by atoms with van der Waals surface area (Å²) in [7, 11) is -2.13. The predicted octanol–water partition coefficient (Wildman–Crippen LogP) is 2.62. The molecule has 1 heterocycles. The molecule has 1 N–H and O–H groups in total. The van der Waals surface area contributed by atoms with E-state index in [4.69, 9.17) is 9.47 Å². The first-order valence-corrected chi connectivity index (χ1v) is 9.97. The maximum Gasteiger partial charge on any atom is 0.414 e. The Labute approximate surface area is 158 Å². The fraction of sp³-hybridized carbons (Fsp3) is 0.316. The van der Waals surface area contributed by atoms with Gasteiger partial charge in [0.05, 0.1) is 24.2 Å². The molecule has 0 radical (unpaired) electrons. The van der Waals surface area contributed by atoms with Crippen LogP contribution in [0.1, 0.15) is 11.1 Å². The number of nitrogens with one attached hydrogen (secondary N) is 1. The summed E-state index contributed by atoms with van der Waals surface area (Å²) in [5, 5.41) is 0. The summed E-state index contributed by atoms with van der Waals surface area (Å²) in [5.74, 6) is 0.624. The Morgan fingerprint density at radius 1 is 1.19 bits per heavy atom. The van der Waals surface area contributed by atoms with Gasteiger partial charge in [0.1, 0.15) is 11.9 Å².